The summed E-state index contributed by atoms with van der Waals surface area (Å²) in [6, 6.07) is 23.9. The Balaban J connectivity index is 2.40. The summed E-state index contributed by atoms with van der Waals surface area (Å²) in [7, 11) is -8.66. The van der Waals surface area contributed by atoms with Gasteiger partial charge in [0.2, 0.25) is 20.0 Å². The van der Waals surface area contributed by atoms with Crippen LogP contribution in [-0.4, -0.2) is 16.8 Å². The summed E-state index contributed by atoms with van der Waals surface area (Å²) in [5, 5.41) is 12.0. The minimum absolute atomic E-state index is 0.0295. The molecule has 0 aliphatic rings. The lowest BCUT2D eigenvalue weighted by Gasteiger charge is -2.21. The Morgan fingerprint density at radius 2 is 0.867 bits per heavy atom. The highest BCUT2D eigenvalue weighted by atomic mass is 32.2. The van der Waals surface area contributed by atoms with Gasteiger partial charge < -0.3 is 0 Å². The first-order valence-electron chi connectivity index (χ1n) is 8.95. The van der Waals surface area contributed by atoms with Crippen molar-refractivity contribution in [1.82, 2.24) is 0 Å². The second-order valence-electron chi connectivity index (χ2n) is 6.78. The fraction of sp³-hybridized carbons (Fsp3) is 0. The van der Waals surface area contributed by atoms with Crippen molar-refractivity contribution in [2.45, 2.75) is 9.79 Å². The molecule has 0 saturated heterocycles. The van der Waals surface area contributed by atoms with Gasteiger partial charge in [0, 0.05) is 16.5 Å². The summed E-state index contributed by atoms with van der Waals surface area (Å²) in [6.07, 6.45) is 0. The zero-order valence-electron chi connectivity index (χ0n) is 15.7. The van der Waals surface area contributed by atoms with Crippen LogP contribution in [0.3, 0.4) is 0 Å². The monoisotopic (exact) mass is 438 g/mol. The van der Waals surface area contributed by atoms with Gasteiger partial charge in [-0.3, -0.25) is 0 Å². The fourth-order valence-electron chi connectivity index (χ4n) is 3.72. The number of sulfonamides is 2. The largest absolute Gasteiger partial charge is 0.239 e. The minimum Gasteiger partial charge on any atom is -0.225 e. The van der Waals surface area contributed by atoms with Crippen LogP contribution in [0.15, 0.2) is 94.7 Å². The van der Waals surface area contributed by atoms with Crippen LogP contribution < -0.4 is 10.3 Å². The Kier molecular flexibility index (Phi) is 4.95. The van der Waals surface area contributed by atoms with Crippen LogP contribution in [0, 0.1) is 0 Å². The highest BCUT2D eigenvalue weighted by Crippen LogP contribution is 2.45. The van der Waals surface area contributed by atoms with Gasteiger partial charge in [0.05, 0.1) is 9.79 Å². The van der Waals surface area contributed by atoms with Gasteiger partial charge in [-0.15, -0.1) is 0 Å². The topological polar surface area (TPSA) is 120 Å². The van der Waals surface area contributed by atoms with Gasteiger partial charge in [0.1, 0.15) is 0 Å². The maximum atomic E-state index is 12.9. The predicted octanol–water partition coefficient (Wildman–Crippen LogP) is 3.47. The number of hydrogen-bond acceptors (Lipinski definition) is 4. The van der Waals surface area contributed by atoms with E-state index >= 15 is 0 Å². The predicted molar refractivity (Wildman–Crippen MR) is 118 cm³/mol. The van der Waals surface area contributed by atoms with E-state index in [0.717, 1.165) is 0 Å². The Hall–Kier alpha value is -3.04. The molecule has 4 rings (SSSR count). The molecule has 30 heavy (non-hydrogen) atoms. The van der Waals surface area contributed by atoms with E-state index in [0.29, 0.717) is 27.5 Å². The molecule has 0 fully saturated rings. The Bertz CT molecular complexity index is 1470. The van der Waals surface area contributed by atoms with Crippen molar-refractivity contribution < 1.29 is 16.8 Å². The summed E-state index contributed by atoms with van der Waals surface area (Å²) < 4.78 is 51.2. The SMILES string of the molecule is NS(=O)(=O)c1c(-c2ccccc2)c(S(N)(=O)=O)c2ccccc2c1-c1ccccc1. The third kappa shape index (κ3) is 3.50. The molecule has 0 spiro atoms. The van der Waals surface area contributed by atoms with Crippen molar-refractivity contribution in [2.24, 2.45) is 10.3 Å². The van der Waals surface area contributed by atoms with Crippen molar-refractivity contribution in [1.29, 1.82) is 0 Å². The quantitative estimate of drug-likeness (QED) is 0.507. The van der Waals surface area contributed by atoms with Crippen molar-refractivity contribution in [3.05, 3.63) is 84.9 Å². The smallest absolute Gasteiger partial charge is 0.225 e. The Morgan fingerprint density at radius 3 is 1.33 bits per heavy atom. The van der Waals surface area contributed by atoms with E-state index in [2.05, 4.69) is 0 Å². The Morgan fingerprint density at radius 1 is 0.467 bits per heavy atom. The van der Waals surface area contributed by atoms with E-state index in [-0.39, 0.29) is 15.4 Å². The second-order valence-corrected chi connectivity index (χ2v) is 9.77. The molecular weight excluding hydrogens is 420 g/mol. The van der Waals surface area contributed by atoms with Crippen LogP contribution in [-0.2, 0) is 20.0 Å². The summed E-state index contributed by atoms with van der Waals surface area (Å²) in [4.78, 5) is -0.546. The molecule has 4 aromatic rings. The van der Waals surface area contributed by atoms with Gasteiger partial charge in [-0.05, 0) is 16.5 Å². The number of fused-ring (bicyclic) bond motifs is 1. The van der Waals surface area contributed by atoms with E-state index in [1.54, 1.807) is 84.9 Å². The second kappa shape index (κ2) is 7.33. The van der Waals surface area contributed by atoms with Gasteiger partial charge in [-0.25, -0.2) is 27.1 Å². The average Bonchev–Trinajstić information content (AvgIpc) is 2.71. The maximum absolute atomic E-state index is 12.9. The standard InChI is InChI=1S/C22H18N2O4S2/c23-29(25,26)21-18-14-8-7-13-17(18)19(15-9-3-1-4-10-15)22(30(24,27)28)20(21)16-11-5-2-6-12-16/h1-14H,(H2,23,25,26)(H2,24,27,28). The van der Waals surface area contributed by atoms with Crippen molar-refractivity contribution in [3.63, 3.8) is 0 Å². The first-order valence-corrected chi connectivity index (χ1v) is 12.0. The molecule has 4 N–H and O–H groups in total. The van der Waals surface area contributed by atoms with Crippen molar-refractivity contribution in [2.75, 3.05) is 0 Å². The summed E-state index contributed by atoms with van der Waals surface area (Å²) in [5.41, 5.74) is 1.28. The van der Waals surface area contributed by atoms with Crippen LogP contribution in [0.5, 0.6) is 0 Å². The molecule has 0 radical (unpaired) electrons. The molecule has 8 heteroatoms. The first-order chi connectivity index (χ1) is 14.2. The molecule has 4 aromatic carbocycles. The van der Waals surface area contributed by atoms with E-state index in [9.17, 15) is 16.8 Å². The highest BCUT2D eigenvalue weighted by Gasteiger charge is 2.31. The molecule has 0 atom stereocenters. The molecule has 0 aromatic heterocycles. The number of rotatable bonds is 4. The van der Waals surface area contributed by atoms with Gasteiger partial charge in [-0.2, -0.15) is 0 Å². The van der Waals surface area contributed by atoms with Gasteiger partial charge in [0.15, 0.2) is 0 Å². The van der Waals surface area contributed by atoms with E-state index in [4.69, 9.17) is 10.3 Å². The van der Waals surface area contributed by atoms with E-state index < -0.39 is 20.0 Å². The molecule has 6 nitrogen and oxygen atoms in total. The van der Waals surface area contributed by atoms with Crippen molar-refractivity contribution in [3.8, 4) is 22.3 Å². The highest BCUT2D eigenvalue weighted by molar-refractivity contribution is 7.90. The summed E-state index contributed by atoms with van der Waals surface area (Å²) >= 11 is 0. The number of nitrogens with two attached hydrogens (primary N) is 2. The third-order valence-electron chi connectivity index (χ3n) is 4.82. The van der Waals surface area contributed by atoms with Crippen LogP contribution in [0.1, 0.15) is 0 Å². The minimum atomic E-state index is -4.35. The fourth-order valence-corrected chi connectivity index (χ4v) is 5.79. The zero-order valence-corrected chi connectivity index (χ0v) is 17.3. The molecule has 0 bridgehead atoms. The first kappa shape index (κ1) is 20.2. The number of primary sulfonamides is 2. The average molecular weight is 439 g/mol. The van der Waals surface area contributed by atoms with Gasteiger partial charge in [0.25, 0.3) is 0 Å². The lowest BCUT2D eigenvalue weighted by molar-refractivity contribution is 0.597. The number of benzene rings is 4. The molecule has 0 amide bonds. The number of hydrogen-bond donors (Lipinski definition) is 2. The maximum Gasteiger partial charge on any atom is 0.239 e. The molecule has 0 aliphatic heterocycles. The van der Waals surface area contributed by atoms with Crippen LogP contribution >= 0.6 is 0 Å². The molecule has 0 unspecified atom stereocenters. The van der Waals surface area contributed by atoms with E-state index in [1.165, 1.54) is 0 Å². The molecule has 152 valence electrons. The summed E-state index contributed by atoms with van der Waals surface area (Å²) in [6.45, 7) is 0. The summed E-state index contributed by atoms with van der Waals surface area (Å²) in [5.74, 6) is 0. The molecule has 0 aliphatic carbocycles. The van der Waals surface area contributed by atoms with Gasteiger partial charge in [-0.1, -0.05) is 84.9 Å². The van der Waals surface area contributed by atoms with Crippen LogP contribution in [0.2, 0.25) is 0 Å². The third-order valence-corrected chi connectivity index (χ3v) is 6.79. The normalized spacial score (nSPS) is 12.2. The molecule has 0 saturated carbocycles. The van der Waals surface area contributed by atoms with E-state index in [1.807, 2.05) is 0 Å². The Labute approximate surface area is 174 Å². The van der Waals surface area contributed by atoms with Gasteiger partial charge >= 0.3 is 0 Å². The lowest BCUT2D eigenvalue weighted by Crippen LogP contribution is -2.20. The molecule has 0 heterocycles. The lowest BCUT2D eigenvalue weighted by atomic mass is 9.92. The van der Waals surface area contributed by atoms with Crippen LogP contribution in [0.25, 0.3) is 33.0 Å². The van der Waals surface area contributed by atoms with Crippen LogP contribution in [0.4, 0.5) is 0 Å². The van der Waals surface area contributed by atoms with Crippen molar-refractivity contribution >= 4 is 30.8 Å². The molecular formula is C22H18N2O4S2. The zero-order chi connectivity index (χ0) is 21.5.